The van der Waals surface area contributed by atoms with E-state index < -0.39 is 5.41 Å². The topological polar surface area (TPSA) is 63.3 Å². The number of benzene rings is 2. The molecule has 0 saturated heterocycles. The maximum Gasteiger partial charge on any atom is 0.164 e. The average Bonchev–Trinajstić information content (AvgIpc) is 3.16. The van der Waals surface area contributed by atoms with Crippen molar-refractivity contribution in [2.75, 3.05) is 0 Å². The molecule has 0 radical (unpaired) electrons. The smallest absolute Gasteiger partial charge is 0.164 e. The third-order valence-electron chi connectivity index (χ3n) is 6.00. The van der Waals surface area contributed by atoms with Gasteiger partial charge in [0, 0.05) is 45.0 Å². The van der Waals surface area contributed by atoms with E-state index in [-0.39, 0.29) is 38.9 Å². The number of para-hydroxylation sites is 1. The zero-order chi connectivity index (χ0) is 26.9. The molecule has 37 heavy (non-hydrogen) atoms. The number of aliphatic hydroxyl groups excluding tert-OH is 1. The molecule has 4 nitrogen and oxygen atoms in total. The van der Waals surface area contributed by atoms with E-state index in [1.54, 1.807) is 0 Å². The first-order chi connectivity index (χ1) is 16.6. The van der Waals surface area contributed by atoms with Crippen molar-refractivity contribution < 1.29 is 30.8 Å². The zero-order valence-electron chi connectivity index (χ0n) is 23.3. The third kappa shape index (κ3) is 7.32. The molecule has 0 amide bonds. The van der Waals surface area contributed by atoms with Crippen LogP contribution in [0.5, 0.6) is 0 Å². The fraction of sp³-hybridized carbons (Fsp3) is 0.375. The van der Waals surface area contributed by atoms with Crippen LogP contribution in [-0.4, -0.2) is 15.9 Å². The normalized spacial score (nSPS) is 12.6. The molecule has 200 valence electrons. The molecule has 0 spiro atoms. The SMILES string of the molecule is CC(C)(C)C(=O)/C=C(\O)C(C)(C)C.CC(C)(C)c1ccnc(-c2[c-]ccc3c2oc2ccccc23)c1.[Ni]. The largest absolute Gasteiger partial charge is 0.512 e. The molecule has 2 heterocycles. The number of nitrogens with zero attached hydrogens (tertiary/aromatic N) is 1. The Morgan fingerprint density at radius 2 is 1.57 bits per heavy atom. The summed E-state index contributed by atoms with van der Waals surface area (Å²) in [5.74, 6) is 0.104. The number of hydrogen-bond donors (Lipinski definition) is 1. The van der Waals surface area contributed by atoms with Crippen LogP contribution in [0.1, 0.15) is 67.9 Å². The first-order valence-electron chi connectivity index (χ1n) is 12.3. The molecule has 0 atom stereocenters. The minimum atomic E-state index is -0.417. The molecule has 2 aromatic carbocycles. The molecule has 1 N–H and O–H groups in total. The van der Waals surface area contributed by atoms with Gasteiger partial charge in [-0.1, -0.05) is 97.5 Å². The van der Waals surface area contributed by atoms with E-state index in [0.29, 0.717) is 0 Å². The first kappa shape index (κ1) is 30.3. The number of hydrogen-bond acceptors (Lipinski definition) is 4. The van der Waals surface area contributed by atoms with Crippen molar-refractivity contribution in [1.82, 2.24) is 4.98 Å². The van der Waals surface area contributed by atoms with Gasteiger partial charge in [0.1, 0.15) is 11.3 Å². The summed E-state index contributed by atoms with van der Waals surface area (Å²) in [5, 5.41) is 11.8. The Hall–Kier alpha value is -2.91. The number of carbonyl (C=O) groups excluding carboxylic acids is 1. The van der Waals surface area contributed by atoms with Gasteiger partial charge in [0.2, 0.25) is 0 Å². The van der Waals surface area contributed by atoms with Gasteiger partial charge in [0.25, 0.3) is 0 Å². The summed E-state index contributed by atoms with van der Waals surface area (Å²) in [6, 6.07) is 19.6. The summed E-state index contributed by atoms with van der Waals surface area (Å²) >= 11 is 0. The second kappa shape index (κ2) is 11.2. The van der Waals surface area contributed by atoms with Gasteiger partial charge in [-0.2, -0.15) is 0 Å². The molecule has 0 saturated carbocycles. The van der Waals surface area contributed by atoms with Crippen molar-refractivity contribution in [2.45, 2.75) is 67.7 Å². The van der Waals surface area contributed by atoms with Gasteiger partial charge in [-0.3, -0.25) is 4.79 Å². The van der Waals surface area contributed by atoms with Crippen LogP contribution in [0.2, 0.25) is 0 Å². The van der Waals surface area contributed by atoms with Crippen LogP contribution in [-0.2, 0) is 26.7 Å². The van der Waals surface area contributed by atoms with Crippen LogP contribution in [0.15, 0.2) is 71.0 Å². The second-order valence-corrected chi connectivity index (χ2v) is 12.3. The van der Waals surface area contributed by atoms with E-state index >= 15 is 0 Å². The van der Waals surface area contributed by atoms with Gasteiger partial charge in [-0.15, -0.1) is 18.2 Å². The Morgan fingerprint density at radius 1 is 0.919 bits per heavy atom. The maximum absolute atomic E-state index is 11.5. The summed E-state index contributed by atoms with van der Waals surface area (Å²) in [5.41, 5.74) is 4.15. The Bertz CT molecular complexity index is 1410. The van der Waals surface area contributed by atoms with Crippen LogP contribution in [0.4, 0.5) is 0 Å². The van der Waals surface area contributed by atoms with Gasteiger partial charge in [0.05, 0.1) is 5.58 Å². The van der Waals surface area contributed by atoms with E-state index in [4.69, 9.17) is 4.42 Å². The predicted molar refractivity (Wildman–Crippen MR) is 149 cm³/mol. The van der Waals surface area contributed by atoms with Gasteiger partial charge >= 0.3 is 0 Å². The van der Waals surface area contributed by atoms with Crippen LogP contribution in [0.25, 0.3) is 33.2 Å². The first-order valence-corrected chi connectivity index (χ1v) is 12.3. The molecular formula is C32H38NNiO3-. The summed E-state index contributed by atoms with van der Waals surface area (Å²) < 4.78 is 6.09. The number of rotatable bonds is 2. The Labute approximate surface area is 231 Å². The number of fused-ring (bicyclic) bond motifs is 3. The van der Waals surface area contributed by atoms with E-state index in [1.807, 2.05) is 72.0 Å². The van der Waals surface area contributed by atoms with Crippen LogP contribution in [0, 0.1) is 16.9 Å². The fourth-order valence-corrected chi connectivity index (χ4v) is 3.47. The zero-order valence-corrected chi connectivity index (χ0v) is 24.3. The Kier molecular flexibility index (Phi) is 9.20. The van der Waals surface area contributed by atoms with Crippen LogP contribution < -0.4 is 0 Å². The van der Waals surface area contributed by atoms with Gasteiger partial charge in [-0.25, -0.2) is 0 Å². The van der Waals surface area contributed by atoms with Crippen LogP contribution >= 0.6 is 0 Å². The summed E-state index contributed by atoms with van der Waals surface area (Å²) in [7, 11) is 0. The molecular weight excluding hydrogens is 505 g/mol. The van der Waals surface area contributed by atoms with E-state index in [2.05, 4.69) is 56.1 Å². The molecule has 0 aliphatic carbocycles. The van der Waals surface area contributed by atoms with E-state index in [1.165, 1.54) is 11.6 Å². The average molecular weight is 543 g/mol. The van der Waals surface area contributed by atoms with Crippen molar-refractivity contribution in [2.24, 2.45) is 10.8 Å². The molecule has 0 fully saturated rings. The van der Waals surface area contributed by atoms with Gasteiger partial charge in [-0.05, 0) is 28.8 Å². The minimum Gasteiger partial charge on any atom is -0.512 e. The number of pyridine rings is 1. The predicted octanol–water partition coefficient (Wildman–Crippen LogP) is 8.83. The minimum absolute atomic E-state index is 0. The van der Waals surface area contributed by atoms with Crippen molar-refractivity contribution in [3.63, 3.8) is 0 Å². The number of furan rings is 1. The van der Waals surface area contributed by atoms with Crippen molar-refractivity contribution in [1.29, 1.82) is 0 Å². The van der Waals surface area contributed by atoms with Crippen molar-refractivity contribution in [3.05, 3.63) is 78.2 Å². The van der Waals surface area contributed by atoms with Crippen molar-refractivity contribution >= 4 is 27.7 Å². The number of carbonyl (C=O) groups is 1. The molecule has 0 unspecified atom stereocenters. The monoisotopic (exact) mass is 542 g/mol. The molecule has 4 rings (SSSR count). The Morgan fingerprint density at radius 3 is 2.16 bits per heavy atom. The molecule has 2 aromatic heterocycles. The Balaban J connectivity index is 0.000000299. The number of allylic oxidation sites excluding steroid dienone is 2. The standard InChI is InChI=1S/C21H18NO.C11H20O2.Ni/c1-21(2,3)14-11-12-22-18(13-14)17-9-6-8-16-15-7-4-5-10-19(15)23-20(16)17;1-10(2,3)8(12)7-9(13)11(4,5)6;/h4-8,10-13H,1-3H3;7,12H,1-6H3;/q-1;;/b;8-7-;. The summed E-state index contributed by atoms with van der Waals surface area (Å²) in [6.07, 6.45) is 3.20. The maximum atomic E-state index is 11.5. The molecule has 4 aromatic rings. The number of aromatic nitrogens is 1. The van der Waals surface area contributed by atoms with Crippen molar-refractivity contribution in [3.8, 4) is 11.3 Å². The molecule has 0 bridgehead atoms. The van der Waals surface area contributed by atoms with E-state index in [0.717, 1.165) is 33.2 Å². The third-order valence-corrected chi connectivity index (χ3v) is 6.00. The number of aliphatic hydroxyl groups is 1. The second-order valence-electron chi connectivity index (χ2n) is 12.3. The van der Waals surface area contributed by atoms with Gasteiger partial charge < -0.3 is 14.5 Å². The summed E-state index contributed by atoms with van der Waals surface area (Å²) in [4.78, 5) is 16.0. The summed E-state index contributed by atoms with van der Waals surface area (Å²) in [6.45, 7) is 17.7. The molecule has 0 aliphatic rings. The quantitative estimate of drug-likeness (QED) is 0.119. The van der Waals surface area contributed by atoms with E-state index in [9.17, 15) is 9.90 Å². The molecule has 0 aliphatic heterocycles. The molecule has 5 heteroatoms. The van der Waals surface area contributed by atoms with Crippen LogP contribution in [0.3, 0.4) is 0 Å². The fourth-order valence-electron chi connectivity index (χ4n) is 3.47. The van der Waals surface area contributed by atoms with Gasteiger partial charge in [0.15, 0.2) is 5.78 Å². The number of ketones is 1.